The first-order valence-corrected chi connectivity index (χ1v) is 6.86. The van der Waals surface area contributed by atoms with Crippen molar-refractivity contribution in [3.63, 3.8) is 0 Å². The molecule has 0 aliphatic heterocycles. The maximum Gasteiger partial charge on any atom is 0.416 e. The fraction of sp³-hybridized carbons (Fsp3) is 0.125. The largest absolute Gasteiger partial charge is 0.478 e. The highest BCUT2D eigenvalue weighted by atomic mass is 19.4. The van der Waals surface area contributed by atoms with Gasteiger partial charge in [0, 0.05) is 0 Å². The van der Waals surface area contributed by atoms with Crippen LogP contribution in [0.15, 0.2) is 36.4 Å². The van der Waals surface area contributed by atoms with Gasteiger partial charge in [0.2, 0.25) is 0 Å². The SMILES string of the molecule is O=C(O)c1cc(Oc2cc(C(=O)O)cc(C(F)(F)F)c2)cc(C(F)(F)F)c1. The maximum atomic E-state index is 12.9. The highest BCUT2D eigenvalue weighted by Gasteiger charge is 2.33. The van der Waals surface area contributed by atoms with E-state index >= 15 is 0 Å². The second-order valence-corrected chi connectivity index (χ2v) is 5.20. The predicted octanol–water partition coefficient (Wildman–Crippen LogP) is 4.91. The van der Waals surface area contributed by atoms with Crippen molar-refractivity contribution in [1.82, 2.24) is 0 Å². The molecule has 0 heterocycles. The number of rotatable bonds is 4. The topological polar surface area (TPSA) is 83.8 Å². The zero-order valence-electron chi connectivity index (χ0n) is 12.9. The minimum absolute atomic E-state index is 0.323. The van der Waals surface area contributed by atoms with Crippen molar-refractivity contribution in [2.45, 2.75) is 12.4 Å². The molecule has 0 spiro atoms. The molecule has 0 saturated heterocycles. The number of aromatic carboxylic acids is 2. The molecule has 2 aromatic rings. The van der Waals surface area contributed by atoms with E-state index in [1.807, 2.05) is 0 Å². The third-order valence-corrected chi connectivity index (χ3v) is 3.20. The Morgan fingerprint density at radius 2 is 1.00 bits per heavy atom. The summed E-state index contributed by atoms with van der Waals surface area (Å²) in [5.41, 5.74) is -4.43. The number of hydrogen-bond donors (Lipinski definition) is 2. The number of hydrogen-bond acceptors (Lipinski definition) is 3. The van der Waals surface area contributed by atoms with Gasteiger partial charge in [0.1, 0.15) is 11.5 Å². The van der Waals surface area contributed by atoms with Gasteiger partial charge in [-0.05, 0) is 36.4 Å². The molecule has 0 saturated carbocycles. The van der Waals surface area contributed by atoms with E-state index in [0.717, 1.165) is 0 Å². The van der Waals surface area contributed by atoms with Crippen molar-refractivity contribution in [3.05, 3.63) is 58.7 Å². The molecule has 2 rings (SSSR count). The minimum atomic E-state index is -4.94. The van der Waals surface area contributed by atoms with Crippen molar-refractivity contribution in [1.29, 1.82) is 0 Å². The van der Waals surface area contributed by atoms with Gasteiger partial charge in [-0.25, -0.2) is 9.59 Å². The van der Waals surface area contributed by atoms with E-state index in [1.54, 1.807) is 0 Å². The van der Waals surface area contributed by atoms with E-state index in [9.17, 15) is 35.9 Å². The van der Waals surface area contributed by atoms with Gasteiger partial charge in [0.25, 0.3) is 0 Å². The molecule has 0 atom stereocenters. The Morgan fingerprint density at radius 1 is 0.667 bits per heavy atom. The number of carbonyl (C=O) groups is 2. The smallest absolute Gasteiger partial charge is 0.416 e. The quantitative estimate of drug-likeness (QED) is 0.720. The second-order valence-electron chi connectivity index (χ2n) is 5.20. The molecule has 27 heavy (non-hydrogen) atoms. The summed E-state index contributed by atoms with van der Waals surface area (Å²) in [7, 11) is 0. The van der Waals surface area contributed by atoms with Crippen LogP contribution in [-0.4, -0.2) is 22.2 Å². The molecule has 144 valence electrons. The lowest BCUT2D eigenvalue weighted by Gasteiger charge is -2.14. The van der Waals surface area contributed by atoms with E-state index in [4.69, 9.17) is 14.9 Å². The summed E-state index contributed by atoms with van der Waals surface area (Å²) in [6, 6.07) is 2.74. The lowest BCUT2D eigenvalue weighted by molar-refractivity contribution is -0.138. The summed E-state index contributed by atoms with van der Waals surface area (Å²) in [5, 5.41) is 17.8. The third kappa shape index (κ3) is 4.90. The molecule has 0 aromatic heterocycles. The molecule has 11 heteroatoms. The normalized spacial score (nSPS) is 11.9. The van der Waals surface area contributed by atoms with Gasteiger partial charge in [0.05, 0.1) is 22.3 Å². The molecule has 5 nitrogen and oxygen atoms in total. The van der Waals surface area contributed by atoms with Crippen LogP contribution in [0.4, 0.5) is 26.3 Å². The zero-order valence-corrected chi connectivity index (χ0v) is 12.9. The Hall–Kier alpha value is -3.24. The van der Waals surface area contributed by atoms with Crippen LogP contribution < -0.4 is 4.74 Å². The van der Waals surface area contributed by atoms with Crippen molar-refractivity contribution in [2.24, 2.45) is 0 Å². The van der Waals surface area contributed by atoms with Crippen molar-refractivity contribution < 1.29 is 50.9 Å². The van der Waals surface area contributed by atoms with Crippen molar-refractivity contribution in [3.8, 4) is 11.5 Å². The van der Waals surface area contributed by atoms with Gasteiger partial charge in [-0.15, -0.1) is 0 Å². The first-order chi connectivity index (χ1) is 12.3. The first-order valence-electron chi connectivity index (χ1n) is 6.86. The number of ether oxygens (including phenoxy) is 1. The maximum absolute atomic E-state index is 12.9. The predicted molar refractivity (Wildman–Crippen MR) is 76.9 cm³/mol. The van der Waals surface area contributed by atoms with Crippen LogP contribution in [0.2, 0.25) is 0 Å². The van der Waals surface area contributed by atoms with Crippen LogP contribution in [-0.2, 0) is 12.4 Å². The van der Waals surface area contributed by atoms with Gasteiger partial charge in [0.15, 0.2) is 0 Å². The number of carboxylic acids is 2. The van der Waals surface area contributed by atoms with Crippen molar-refractivity contribution in [2.75, 3.05) is 0 Å². The number of benzene rings is 2. The summed E-state index contributed by atoms with van der Waals surface area (Å²) in [6.45, 7) is 0. The van der Waals surface area contributed by atoms with Gasteiger partial charge < -0.3 is 14.9 Å². The fourth-order valence-corrected chi connectivity index (χ4v) is 2.03. The number of halogens is 6. The molecular weight excluding hydrogens is 386 g/mol. The van der Waals surface area contributed by atoms with E-state index < -0.39 is 58.0 Å². The Kier molecular flexibility index (Phi) is 5.07. The van der Waals surface area contributed by atoms with Gasteiger partial charge in [-0.2, -0.15) is 26.3 Å². The highest BCUT2D eigenvalue weighted by Crippen LogP contribution is 2.37. The summed E-state index contributed by atoms with van der Waals surface area (Å²) in [6.07, 6.45) is -9.88. The molecule has 0 amide bonds. The van der Waals surface area contributed by atoms with Crippen LogP contribution in [0, 0.1) is 0 Å². The van der Waals surface area contributed by atoms with Gasteiger partial charge in [-0.1, -0.05) is 0 Å². The molecule has 2 aromatic carbocycles. The van der Waals surface area contributed by atoms with E-state index in [0.29, 0.717) is 36.4 Å². The zero-order chi connectivity index (χ0) is 20.6. The van der Waals surface area contributed by atoms with Crippen LogP contribution in [0.5, 0.6) is 11.5 Å². The highest BCUT2D eigenvalue weighted by molar-refractivity contribution is 5.89. The molecule has 0 radical (unpaired) electrons. The molecule has 0 fully saturated rings. The summed E-state index contributed by atoms with van der Waals surface area (Å²) >= 11 is 0. The van der Waals surface area contributed by atoms with Crippen LogP contribution in [0.1, 0.15) is 31.8 Å². The van der Waals surface area contributed by atoms with Crippen LogP contribution in [0.25, 0.3) is 0 Å². The lowest BCUT2D eigenvalue weighted by Crippen LogP contribution is -2.09. The average molecular weight is 394 g/mol. The van der Waals surface area contributed by atoms with E-state index in [2.05, 4.69) is 0 Å². The average Bonchev–Trinajstić information content (AvgIpc) is 2.52. The summed E-state index contributed by atoms with van der Waals surface area (Å²) < 4.78 is 82.1. The molecular formula is C16H8F6O5. The standard InChI is InChI=1S/C16H8F6O5/c17-15(18,19)9-1-7(13(23)24)3-11(5-9)27-12-4-8(14(25)26)2-10(6-12)16(20,21)22/h1-6H,(H,23,24)(H,25,26). The molecule has 2 N–H and O–H groups in total. The Labute approximate surface area is 146 Å². The monoisotopic (exact) mass is 394 g/mol. The van der Waals surface area contributed by atoms with Crippen LogP contribution in [0.3, 0.4) is 0 Å². The van der Waals surface area contributed by atoms with Gasteiger partial charge in [-0.3, -0.25) is 0 Å². The molecule has 0 bridgehead atoms. The van der Waals surface area contributed by atoms with E-state index in [-0.39, 0.29) is 0 Å². The Balaban J connectivity index is 2.56. The number of carboxylic acid groups (broad SMARTS) is 2. The van der Waals surface area contributed by atoms with Gasteiger partial charge >= 0.3 is 24.3 Å². The lowest BCUT2D eigenvalue weighted by atomic mass is 10.1. The van der Waals surface area contributed by atoms with Crippen LogP contribution >= 0.6 is 0 Å². The molecule has 0 unspecified atom stereocenters. The Morgan fingerprint density at radius 3 is 1.26 bits per heavy atom. The first kappa shape index (κ1) is 20.1. The molecule has 0 aliphatic carbocycles. The third-order valence-electron chi connectivity index (χ3n) is 3.20. The minimum Gasteiger partial charge on any atom is -0.478 e. The second kappa shape index (κ2) is 6.82. The number of alkyl halides is 6. The fourth-order valence-electron chi connectivity index (χ4n) is 2.03. The summed E-state index contributed by atoms with van der Waals surface area (Å²) in [4.78, 5) is 21.9. The Bertz CT molecular complexity index is 828. The molecule has 0 aliphatic rings. The van der Waals surface area contributed by atoms with Crippen molar-refractivity contribution >= 4 is 11.9 Å². The van der Waals surface area contributed by atoms with E-state index in [1.165, 1.54) is 0 Å². The summed E-state index contributed by atoms with van der Waals surface area (Å²) in [5.74, 6) is -4.89.